The number of aryl methyl sites for hydroxylation is 2. The van der Waals surface area contributed by atoms with Crippen molar-refractivity contribution < 1.29 is 9.47 Å². The summed E-state index contributed by atoms with van der Waals surface area (Å²) in [6.07, 6.45) is 0. The summed E-state index contributed by atoms with van der Waals surface area (Å²) in [7, 11) is 2.87. The summed E-state index contributed by atoms with van der Waals surface area (Å²) in [5.41, 5.74) is 17.8. The fraction of sp³-hybridized carbons (Fsp3) is 0.333. The summed E-state index contributed by atoms with van der Waals surface area (Å²) in [5.74, 6) is 0.676. The third-order valence-corrected chi connectivity index (χ3v) is 2.64. The largest absolute Gasteiger partial charge is 0.479 e. The Morgan fingerprint density at radius 2 is 1.30 bits per heavy atom. The van der Waals surface area contributed by atoms with Crippen LogP contribution in [-0.4, -0.2) is 34.2 Å². The molecule has 0 saturated heterocycles. The molecule has 0 unspecified atom stereocenters. The SMILES string of the molecule is COc1nc(N)nc(C)c1N.COc1nc(N)nc(C)c1N=O. The topological polar surface area (TPSA) is 178 Å². The Labute approximate surface area is 132 Å². The molecule has 2 aromatic rings. The van der Waals surface area contributed by atoms with Crippen LogP contribution in [0.25, 0.3) is 0 Å². The van der Waals surface area contributed by atoms with Gasteiger partial charge in [0.05, 0.1) is 25.6 Å². The number of aromatic nitrogens is 4. The first kappa shape index (κ1) is 17.8. The molecular weight excluding hydrogens is 304 g/mol. The lowest BCUT2D eigenvalue weighted by atomic mass is 10.4. The van der Waals surface area contributed by atoms with Crippen LogP contribution in [0.5, 0.6) is 11.8 Å². The average molecular weight is 322 g/mol. The maximum absolute atomic E-state index is 10.3. The number of anilines is 3. The van der Waals surface area contributed by atoms with Crippen molar-refractivity contribution in [1.29, 1.82) is 0 Å². The summed E-state index contributed by atoms with van der Waals surface area (Å²) >= 11 is 0. The Kier molecular flexibility index (Phi) is 5.95. The van der Waals surface area contributed by atoms with Crippen LogP contribution >= 0.6 is 0 Å². The third-order valence-electron chi connectivity index (χ3n) is 2.64. The van der Waals surface area contributed by atoms with Crippen LogP contribution in [0.15, 0.2) is 5.18 Å². The maximum Gasteiger partial charge on any atom is 0.248 e. The van der Waals surface area contributed by atoms with E-state index in [0.29, 0.717) is 23.0 Å². The molecule has 23 heavy (non-hydrogen) atoms. The van der Waals surface area contributed by atoms with Crippen molar-refractivity contribution in [2.75, 3.05) is 31.4 Å². The zero-order chi connectivity index (χ0) is 17.6. The molecule has 0 bridgehead atoms. The molecule has 11 nitrogen and oxygen atoms in total. The first-order chi connectivity index (χ1) is 10.8. The molecule has 0 atom stereocenters. The molecule has 0 radical (unpaired) electrons. The molecule has 0 amide bonds. The van der Waals surface area contributed by atoms with E-state index >= 15 is 0 Å². The summed E-state index contributed by atoms with van der Waals surface area (Å²) in [6, 6.07) is 0. The first-order valence-corrected chi connectivity index (χ1v) is 6.29. The van der Waals surface area contributed by atoms with Gasteiger partial charge in [0.25, 0.3) is 0 Å². The van der Waals surface area contributed by atoms with Crippen LogP contribution in [0.4, 0.5) is 23.3 Å². The fourth-order valence-electron chi connectivity index (χ4n) is 1.54. The van der Waals surface area contributed by atoms with Crippen LogP contribution in [0.2, 0.25) is 0 Å². The van der Waals surface area contributed by atoms with E-state index in [0.717, 1.165) is 0 Å². The lowest BCUT2D eigenvalue weighted by Gasteiger charge is -2.05. The Morgan fingerprint density at radius 1 is 0.826 bits per heavy atom. The average Bonchev–Trinajstić information content (AvgIpc) is 2.50. The van der Waals surface area contributed by atoms with Crippen LogP contribution in [0.1, 0.15) is 11.4 Å². The number of methoxy groups -OCH3 is 2. The normalized spacial score (nSPS) is 9.57. The van der Waals surface area contributed by atoms with Crippen LogP contribution in [0.3, 0.4) is 0 Å². The summed E-state index contributed by atoms with van der Waals surface area (Å²) < 4.78 is 9.62. The van der Waals surface area contributed by atoms with E-state index in [1.54, 1.807) is 13.8 Å². The van der Waals surface area contributed by atoms with Gasteiger partial charge in [0, 0.05) is 0 Å². The predicted octanol–water partition coefficient (Wildman–Crippen LogP) is 0.732. The number of hydrogen-bond acceptors (Lipinski definition) is 11. The van der Waals surface area contributed by atoms with Gasteiger partial charge in [-0.15, -0.1) is 4.91 Å². The van der Waals surface area contributed by atoms with Gasteiger partial charge in [-0.3, -0.25) is 0 Å². The van der Waals surface area contributed by atoms with Crippen molar-refractivity contribution in [2.24, 2.45) is 5.18 Å². The number of ether oxygens (including phenoxy) is 2. The zero-order valence-electron chi connectivity index (χ0n) is 13.2. The number of nitrogen functional groups attached to an aromatic ring is 3. The van der Waals surface area contributed by atoms with Crippen molar-refractivity contribution in [1.82, 2.24) is 19.9 Å². The molecule has 2 aromatic heterocycles. The van der Waals surface area contributed by atoms with Gasteiger partial charge in [0.15, 0.2) is 5.69 Å². The Hall–Kier alpha value is -3.24. The highest BCUT2D eigenvalue weighted by molar-refractivity contribution is 5.53. The van der Waals surface area contributed by atoms with E-state index in [9.17, 15) is 4.91 Å². The molecule has 124 valence electrons. The van der Waals surface area contributed by atoms with Crippen molar-refractivity contribution >= 4 is 23.3 Å². The molecule has 2 heterocycles. The van der Waals surface area contributed by atoms with Gasteiger partial charge in [-0.05, 0) is 19.0 Å². The number of nitrogens with two attached hydrogens (primary N) is 3. The highest BCUT2D eigenvalue weighted by Crippen LogP contribution is 2.27. The monoisotopic (exact) mass is 322 g/mol. The molecule has 11 heteroatoms. The first-order valence-electron chi connectivity index (χ1n) is 6.29. The summed E-state index contributed by atoms with van der Waals surface area (Å²) in [4.78, 5) is 25.3. The van der Waals surface area contributed by atoms with Crippen LogP contribution in [0, 0.1) is 18.8 Å². The second-order valence-corrected chi connectivity index (χ2v) is 4.21. The van der Waals surface area contributed by atoms with E-state index in [4.69, 9.17) is 26.7 Å². The molecule has 0 saturated carbocycles. The molecular formula is C12H18N8O3. The molecule has 0 fully saturated rings. The molecule has 6 N–H and O–H groups in total. The Morgan fingerprint density at radius 3 is 1.78 bits per heavy atom. The minimum atomic E-state index is 0.0664. The van der Waals surface area contributed by atoms with Crippen LogP contribution in [-0.2, 0) is 0 Å². The zero-order valence-corrected chi connectivity index (χ0v) is 13.2. The van der Waals surface area contributed by atoms with E-state index < -0.39 is 0 Å². The summed E-state index contributed by atoms with van der Waals surface area (Å²) in [5, 5.41) is 2.73. The summed E-state index contributed by atoms with van der Waals surface area (Å²) in [6.45, 7) is 3.35. The highest BCUT2D eigenvalue weighted by Gasteiger charge is 2.10. The smallest absolute Gasteiger partial charge is 0.248 e. The number of nitroso groups, excluding NO2 is 1. The standard InChI is InChI=1S/C6H8N4O2.C6H10N4O/c1-3-4(10-11)5(12-2)9-6(7)8-3;1-3-4(7)5(11-2)10-6(8)9-3/h1-2H3,(H2,7,8,9);7H2,1-2H3,(H2,8,9,10). The molecule has 0 aliphatic heterocycles. The van der Waals surface area contributed by atoms with Gasteiger partial charge in [-0.2, -0.15) is 9.97 Å². The predicted molar refractivity (Wildman–Crippen MR) is 85.3 cm³/mol. The molecule has 0 aliphatic carbocycles. The number of rotatable bonds is 3. The third kappa shape index (κ3) is 4.36. The van der Waals surface area contributed by atoms with Crippen molar-refractivity contribution in [3.05, 3.63) is 16.3 Å². The van der Waals surface area contributed by atoms with Gasteiger partial charge < -0.3 is 26.7 Å². The minimum absolute atomic E-state index is 0.0664. The van der Waals surface area contributed by atoms with Gasteiger partial charge in [-0.25, -0.2) is 9.97 Å². The van der Waals surface area contributed by atoms with Crippen molar-refractivity contribution in [2.45, 2.75) is 13.8 Å². The van der Waals surface area contributed by atoms with Crippen LogP contribution < -0.4 is 26.7 Å². The quantitative estimate of drug-likeness (QED) is 0.682. The molecule has 0 aliphatic rings. The maximum atomic E-state index is 10.3. The molecule has 0 aromatic carbocycles. The second kappa shape index (κ2) is 7.68. The van der Waals surface area contributed by atoms with Gasteiger partial charge in [0.1, 0.15) is 5.69 Å². The fourth-order valence-corrected chi connectivity index (χ4v) is 1.54. The lowest BCUT2D eigenvalue weighted by Crippen LogP contribution is -2.04. The van der Waals surface area contributed by atoms with Gasteiger partial charge >= 0.3 is 0 Å². The Bertz CT molecular complexity index is 707. The minimum Gasteiger partial charge on any atom is -0.479 e. The van der Waals surface area contributed by atoms with E-state index in [2.05, 4.69) is 25.1 Å². The van der Waals surface area contributed by atoms with Crippen molar-refractivity contribution in [3.63, 3.8) is 0 Å². The van der Waals surface area contributed by atoms with E-state index in [1.807, 2.05) is 0 Å². The highest BCUT2D eigenvalue weighted by atomic mass is 16.5. The van der Waals surface area contributed by atoms with Crippen molar-refractivity contribution in [3.8, 4) is 11.8 Å². The lowest BCUT2D eigenvalue weighted by molar-refractivity contribution is 0.398. The molecule has 0 spiro atoms. The Balaban J connectivity index is 0.000000231. The number of hydrogen-bond donors (Lipinski definition) is 3. The van der Waals surface area contributed by atoms with E-state index in [-0.39, 0.29) is 23.5 Å². The van der Waals surface area contributed by atoms with Gasteiger partial charge in [-0.1, -0.05) is 0 Å². The van der Waals surface area contributed by atoms with E-state index in [1.165, 1.54) is 14.2 Å². The van der Waals surface area contributed by atoms with Gasteiger partial charge in [0.2, 0.25) is 23.7 Å². The number of nitrogens with zero attached hydrogens (tertiary/aromatic N) is 5. The molecule has 2 rings (SSSR count). The second-order valence-electron chi connectivity index (χ2n) is 4.21.